The van der Waals surface area contributed by atoms with Gasteiger partial charge in [-0.15, -0.1) is 11.8 Å². The van der Waals surface area contributed by atoms with Crippen molar-refractivity contribution in [2.24, 2.45) is 0 Å². The quantitative estimate of drug-likeness (QED) is 0.806. The third-order valence-electron chi connectivity index (χ3n) is 2.80. The van der Waals surface area contributed by atoms with Gasteiger partial charge in [-0.2, -0.15) is 11.3 Å². The van der Waals surface area contributed by atoms with E-state index in [0.29, 0.717) is 6.04 Å². The number of hydrogen-bond acceptors (Lipinski definition) is 3. The van der Waals surface area contributed by atoms with Crippen LogP contribution in [0.25, 0.3) is 0 Å². The van der Waals surface area contributed by atoms with Gasteiger partial charge in [0.2, 0.25) is 0 Å². The summed E-state index contributed by atoms with van der Waals surface area (Å²) in [6.07, 6.45) is 0. The summed E-state index contributed by atoms with van der Waals surface area (Å²) in [4.78, 5) is 1.34. The Morgan fingerprint density at radius 2 is 2.00 bits per heavy atom. The molecule has 0 spiro atoms. The lowest BCUT2D eigenvalue weighted by atomic mass is 10.1. The lowest BCUT2D eigenvalue weighted by Crippen LogP contribution is -2.11. The molecule has 1 heterocycles. The van der Waals surface area contributed by atoms with Gasteiger partial charge in [-0.25, -0.2) is 0 Å². The van der Waals surface area contributed by atoms with Crippen LogP contribution in [-0.4, -0.2) is 7.05 Å². The first-order valence-corrected chi connectivity index (χ1v) is 7.63. The number of nitrogens with one attached hydrogen (secondary N) is 1. The van der Waals surface area contributed by atoms with E-state index in [-0.39, 0.29) is 0 Å². The van der Waals surface area contributed by atoms with Crippen LogP contribution in [0.1, 0.15) is 24.1 Å². The van der Waals surface area contributed by atoms with Crippen LogP contribution in [0.4, 0.5) is 0 Å². The molecule has 3 heteroatoms. The summed E-state index contributed by atoms with van der Waals surface area (Å²) in [5.74, 6) is 1.06. The van der Waals surface area contributed by atoms with Crippen molar-refractivity contribution in [3.05, 3.63) is 52.2 Å². The van der Waals surface area contributed by atoms with Crippen LogP contribution >= 0.6 is 23.1 Å². The summed E-state index contributed by atoms with van der Waals surface area (Å²) in [5.41, 5.74) is 2.75. The second-order valence-corrected chi connectivity index (χ2v) is 5.83. The molecule has 1 aromatic carbocycles. The molecule has 0 aliphatic heterocycles. The Morgan fingerprint density at radius 1 is 1.24 bits per heavy atom. The van der Waals surface area contributed by atoms with Crippen LogP contribution in [0.15, 0.2) is 46.0 Å². The van der Waals surface area contributed by atoms with Crippen LogP contribution in [0.2, 0.25) is 0 Å². The van der Waals surface area contributed by atoms with Gasteiger partial charge < -0.3 is 5.32 Å². The van der Waals surface area contributed by atoms with Gasteiger partial charge in [0.05, 0.1) is 0 Å². The van der Waals surface area contributed by atoms with Crippen LogP contribution in [0.5, 0.6) is 0 Å². The molecule has 2 aromatic rings. The smallest absolute Gasteiger partial charge is 0.0289 e. The minimum absolute atomic E-state index is 0.422. The zero-order valence-electron chi connectivity index (χ0n) is 10.1. The van der Waals surface area contributed by atoms with Gasteiger partial charge in [-0.3, -0.25) is 0 Å². The van der Waals surface area contributed by atoms with Gasteiger partial charge in [-0.05, 0) is 54.1 Å². The van der Waals surface area contributed by atoms with Crippen LogP contribution in [0, 0.1) is 0 Å². The highest BCUT2D eigenvalue weighted by Crippen LogP contribution is 2.25. The van der Waals surface area contributed by atoms with Crippen LogP contribution < -0.4 is 5.32 Å². The van der Waals surface area contributed by atoms with Gasteiger partial charge in [-0.1, -0.05) is 12.1 Å². The summed E-state index contributed by atoms with van der Waals surface area (Å²) in [7, 11) is 1.99. The molecule has 0 aliphatic carbocycles. The predicted octanol–water partition coefficient (Wildman–Crippen LogP) is 4.32. The van der Waals surface area contributed by atoms with Gasteiger partial charge in [0.15, 0.2) is 0 Å². The minimum atomic E-state index is 0.422. The fourth-order valence-electron chi connectivity index (χ4n) is 1.56. The Labute approximate surface area is 111 Å². The number of rotatable bonds is 5. The number of thioether (sulfide) groups is 1. The molecule has 1 atom stereocenters. The summed E-state index contributed by atoms with van der Waals surface area (Å²) in [5, 5.41) is 7.59. The van der Waals surface area contributed by atoms with E-state index < -0.39 is 0 Å². The van der Waals surface area contributed by atoms with Crippen molar-refractivity contribution in [1.29, 1.82) is 0 Å². The largest absolute Gasteiger partial charge is 0.313 e. The SMILES string of the molecule is CNC(C)c1ccc(SCc2ccsc2)cc1. The van der Waals surface area contributed by atoms with E-state index in [9.17, 15) is 0 Å². The monoisotopic (exact) mass is 263 g/mol. The van der Waals surface area contributed by atoms with E-state index in [1.54, 1.807) is 11.3 Å². The zero-order valence-corrected chi connectivity index (χ0v) is 11.8. The number of benzene rings is 1. The molecule has 1 N–H and O–H groups in total. The molecular weight excluding hydrogens is 246 g/mol. The molecule has 2 rings (SSSR count). The van der Waals surface area contributed by atoms with E-state index in [4.69, 9.17) is 0 Å². The molecule has 0 bridgehead atoms. The van der Waals surface area contributed by atoms with Crippen molar-refractivity contribution in [3.8, 4) is 0 Å². The third-order valence-corrected chi connectivity index (χ3v) is 4.61. The maximum atomic E-state index is 3.25. The Balaban J connectivity index is 1.94. The Hall–Kier alpha value is -0.770. The fraction of sp³-hybridized carbons (Fsp3) is 0.286. The lowest BCUT2D eigenvalue weighted by Gasteiger charge is -2.10. The van der Waals surface area contributed by atoms with E-state index in [2.05, 4.69) is 53.3 Å². The van der Waals surface area contributed by atoms with Crippen LogP contribution in [0.3, 0.4) is 0 Å². The topological polar surface area (TPSA) is 12.0 Å². The first-order chi connectivity index (χ1) is 8.29. The van der Waals surface area contributed by atoms with Crippen molar-refractivity contribution in [2.75, 3.05) is 7.05 Å². The summed E-state index contributed by atoms with van der Waals surface area (Å²) >= 11 is 3.65. The average molecular weight is 263 g/mol. The van der Waals surface area contributed by atoms with E-state index >= 15 is 0 Å². The maximum Gasteiger partial charge on any atom is 0.0289 e. The molecule has 0 saturated carbocycles. The Morgan fingerprint density at radius 3 is 2.59 bits per heavy atom. The molecule has 17 heavy (non-hydrogen) atoms. The summed E-state index contributed by atoms with van der Waals surface area (Å²) in [6.45, 7) is 2.17. The molecule has 0 aliphatic rings. The van der Waals surface area contributed by atoms with Crippen molar-refractivity contribution < 1.29 is 0 Å². The third kappa shape index (κ3) is 3.60. The Kier molecular flexibility index (Phi) is 4.66. The normalized spacial score (nSPS) is 12.6. The van der Waals surface area contributed by atoms with Gasteiger partial charge in [0.25, 0.3) is 0 Å². The first kappa shape index (κ1) is 12.7. The number of hydrogen-bond donors (Lipinski definition) is 1. The molecule has 1 aromatic heterocycles. The maximum absolute atomic E-state index is 3.25. The van der Waals surface area contributed by atoms with Gasteiger partial charge in [0, 0.05) is 16.7 Å². The summed E-state index contributed by atoms with van der Waals surface area (Å²) < 4.78 is 0. The molecule has 0 radical (unpaired) electrons. The van der Waals surface area contributed by atoms with Crippen molar-refractivity contribution in [2.45, 2.75) is 23.6 Å². The average Bonchev–Trinajstić information content (AvgIpc) is 2.89. The second kappa shape index (κ2) is 6.24. The molecule has 0 fully saturated rings. The van der Waals surface area contributed by atoms with E-state index in [1.165, 1.54) is 16.0 Å². The molecule has 90 valence electrons. The minimum Gasteiger partial charge on any atom is -0.313 e. The van der Waals surface area contributed by atoms with E-state index in [0.717, 1.165) is 5.75 Å². The predicted molar refractivity (Wildman–Crippen MR) is 77.8 cm³/mol. The second-order valence-electron chi connectivity index (χ2n) is 4.00. The molecule has 1 unspecified atom stereocenters. The highest BCUT2D eigenvalue weighted by atomic mass is 32.2. The fourth-order valence-corrected chi connectivity index (χ4v) is 3.18. The molecule has 0 saturated heterocycles. The van der Waals surface area contributed by atoms with E-state index in [1.807, 2.05) is 18.8 Å². The summed E-state index contributed by atoms with van der Waals surface area (Å²) in [6, 6.07) is 11.4. The molecular formula is C14H17NS2. The first-order valence-electron chi connectivity index (χ1n) is 5.70. The molecule has 0 amide bonds. The highest BCUT2D eigenvalue weighted by Gasteiger charge is 2.02. The standard InChI is InChI=1S/C14H17NS2/c1-11(15-2)13-3-5-14(6-4-13)17-10-12-7-8-16-9-12/h3-9,11,15H,10H2,1-2H3. The number of thiophene rings is 1. The molecule has 1 nitrogen and oxygen atoms in total. The Bertz CT molecular complexity index is 434. The highest BCUT2D eigenvalue weighted by molar-refractivity contribution is 7.98. The van der Waals surface area contributed by atoms with Crippen LogP contribution in [-0.2, 0) is 5.75 Å². The van der Waals surface area contributed by atoms with Crippen molar-refractivity contribution in [3.63, 3.8) is 0 Å². The van der Waals surface area contributed by atoms with Gasteiger partial charge >= 0.3 is 0 Å². The zero-order chi connectivity index (χ0) is 12.1. The van der Waals surface area contributed by atoms with Crippen molar-refractivity contribution >= 4 is 23.1 Å². The lowest BCUT2D eigenvalue weighted by molar-refractivity contribution is 0.652. The van der Waals surface area contributed by atoms with Gasteiger partial charge in [0.1, 0.15) is 0 Å². The van der Waals surface area contributed by atoms with Crippen molar-refractivity contribution in [1.82, 2.24) is 5.32 Å².